The molecule has 0 aromatic heterocycles. The molecule has 4 nitrogen and oxygen atoms in total. The molecule has 0 bridgehead atoms. The molecule has 1 aliphatic heterocycles. The Morgan fingerprint density at radius 3 is 2.83 bits per heavy atom. The van der Waals surface area contributed by atoms with E-state index in [0.29, 0.717) is 5.02 Å². The smallest absolute Gasteiger partial charge is 0.317 e. The molecule has 1 aromatic carbocycles. The number of likely N-dealkylation sites (tertiary alicyclic amines) is 1. The highest BCUT2D eigenvalue weighted by Crippen LogP contribution is 2.22. The van der Waals surface area contributed by atoms with E-state index in [4.69, 9.17) is 11.6 Å². The summed E-state index contributed by atoms with van der Waals surface area (Å²) in [6, 6.07) is 7.86. The van der Waals surface area contributed by atoms with Gasteiger partial charge in [0.1, 0.15) is 0 Å². The molecule has 2 amide bonds. The highest BCUT2D eigenvalue weighted by molar-refractivity contribution is 6.30. The fraction of sp³-hybridized carbons (Fsp3) is 0.500. The number of nitrogens with one attached hydrogen (secondary N) is 1. The van der Waals surface area contributed by atoms with Gasteiger partial charge in [-0.3, -0.25) is 4.90 Å². The number of carbonyl (C=O) groups excluding carboxylic acids is 1. The fourth-order valence-electron chi connectivity index (χ4n) is 2.88. The molecule has 2 rings (SSSR count). The zero-order valence-electron chi connectivity index (χ0n) is 14.0. The van der Waals surface area contributed by atoms with Crippen molar-refractivity contribution in [3.05, 3.63) is 47.5 Å². The van der Waals surface area contributed by atoms with E-state index in [0.717, 1.165) is 38.0 Å². The lowest BCUT2D eigenvalue weighted by molar-refractivity contribution is 0.174. The standard InChI is InChI=1S/C18H26ClN3O/c1-4-10-22-11-8-17(9-12-22)20-18(23)21(3)14(2)15-6-5-7-16(19)13-15/h4-7,13-14,17H,1,8-12H2,2-3H3,(H,20,23)/t14-/m0/s1. The molecule has 23 heavy (non-hydrogen) atoms. The van der Waals surface area contributed by atoms with E-state index in [2.05, 4.69) is 16.8 Å². The minimum Gasteiger partial charge on any atom is -0.335 e. The average molecular weight is 336 g/mol. The van der Waals surface area contributed by atoms with Gasteiger partial charge >= 0.3 is 6.03 Å². The molecule has 126 valence electrons. The molecule has 1 aliphatic rings. The Bertz CT molecular complexity index is 541. The van der Waals surface area contributed by atoms with Gasteiger partial charge in [-0.2, -0.15) is 0 Å². The molecule has 1 saturated heterocycles. The number of nitrogens with zero attached hydrogens (tertiary/aromatic N) is 2. The quantitative estimate of drug-likeness (QED) is 0.833. The van der Waals surface area contributed by atoms with E-state index < -0.39 is 0 Å². The van der Waals surface area contributed by atoms with E-state index in [1.807, 2.05) is 44.3 Å². The largest absolute Gasteiger partial charge is 0.335 e. The van der Waals surface area contributed by atoms with Crippen LogP contribution in [0.5, 0.6) is 0 Å². The van der Waals surface area contributed by atoms with Gasteiger partial charge in [-0.1, -0.05) is 29.8 Å². The van der Waals surface area contributed by atoms with Gasteiger partial charge in [-0.05, 0) is 37.5 Å². The van der Waals surface area contributed by atoms with Gasteiger partial charge in [-0.25, -0.2) is 4.79 Å². The second-order valence-electron chi connectivity index (χ2n) is 6.15. The lowest BCUT2D eigenvalue weighted by Crippen LogP contribution is -2.48. The summed E-state index contributed by atoms with van der Waals surface area (Å²) >= 11 is 6.04. The lowest BCUT2D eigenvalue weighted by atomic mass is 10.0. The number of halogens is 1. The summed E-state index contributed by atoms with van der Waals surface area (Å²) in [4.78, 5) is 16.6. The molecule has 1 N–H and O–H groups in total. The van der Waals surface area contributed by atoms with Gasteiger partial charge < -0.3 is 10.2 Å². The van der Waals surface area contributed by atoms with Crippen molar-refractivity contribution in [3.8, 4) is 0 Å². The molecular formula is C18H26ClN3O. The zero-order chi connectivity index (χ0) is 16.8. The van der Waals surface area contributed by atoms with E-state index in [1.54, 1.807) is 4.90 Å². The summed E-state index contributed by atoms with van der Waals surface area (Å²) in [5, 5.41) is 3.84. The molecule has 1 aromatic rings. The summed E-state index contributed by atoms with van der Waals surface area (Å²) < 4.78 is 0. The van der Waals surface area contributed by atoms with Crippen LogP contribution in [0.3, 0.4) is 0 Å². The van der Waals surface area contributed by atoms with Gasteiger partial charge in [0.05, 0.1) is 6.04 Å². The Balaban J connectivity index is 1.86. The van der Waals surface area contributed by atoms with Crippen molar-refractivity contribution in [2.75, 3.05) is 26.7 Å². The molecule has 1 fully saturated rings. The number of benzene rings is 1. The summed E-state index contributed by atoms with van der Waals surface area (Å²) in [5.41, 5.74) is 1.04. The Kier molecular flexibility index (Phi) is 6.48. The minimum atomic E-state index is -0.0281. The third-order valence-electron chi connectivity index (χ3n) is 4.53. The van der Waals surface area contributed by atoms with Crippen LogP contribution in [0.4, 0.5) is 4.79 Å². The van der Waals surface area contributed by atoms with Crippen LogP contribution in [0, 0.1) is 0 Å². The minimum absolute atomic E-state index is 0.0189. The summed E-state index contributed by atoms with van der Waals surface area (Å²) in [6.07, 6.45) is 3.90. The van der Waals surface area contributed by atoms with Crippen LogP contribution in [0.2, 0.25) is 5.02 Å². The second-order valence-corrected chi connectivity index (χ2v) is 6.59. The highest BCUT2D eigenvalue weighted by atomic mass is 35.5. The number of rotatable bonds is 5. The van der Waals surface area contributed by atoms with Gasteiger partial charge in [0, 0.05) is 37.7 Å². The zero-order valence-corrected chi connectivity index (χ0v) is 14.7. The molecule has 0 unspecified atom stereocenters. The second kappa shape index (κ2) is 8.37. The SMILES string of the molecule is C=CCN1CCC(NC(=O)N(C)[C@@H](C)c2cccc(Cl)c2)CC1. The normalized spacial score (nSPS) is 17.5. The molecule has 1 heterocycles. The molecule has 1 atom stereocenters. The Hall–Kier alpha value is -1.52. The van der Waals surface area contributed by atoms with Crippen LogP contribution in [-0.4, -0.2) is 48.6 Å². The van der Waals surface area contributed by atoms with Crippen molar-refractivity contribution in [1.82, 2.24) is 15.1 Å². The Labute approximate surface area is 144 Å². The van der Waals surface area contributed by atoms with Crippen molar-refractivity contribution < 1.29 is 4.79 Å². The Morgan fingerprint density at radius 2 is 2.22 bits per heavy atom. The third-order valence-corrected chi connectivity index (χ3v) is 4.77. The average Bonchev–Trinajstić information content (AvgIpc) is 2.55. The van der Waals surface area contributed by atoms with Crippen molar-refractivity contribution >= 4 is 17.6 Å². The maximum absolute atomic E-state index is 12.5. The number of hydrogen-bond acceptors (Lipinski definition) is 2. The maximum Gasteiger partial charge on any atom is 0.317 e. The first-order valence-corrected chi connectivity index (χ1v) is 8.51. The first-order chi connectivity index (χ1) is 11.0. The van der Waals surface area contributed by atoms with Crippen LogP contribution in [0.15, 0.2) is 36.9 Å². The van der Waals surface area contributed by atoms with Crippen molar-refractivity contribution in [2.45, 2.75) is 31.8 Å². The number of carbonyl (C=O) groups is 1. The first kappa shape index (κ1) is 17.8. The summed E-state index contributed by atoms with van der Waals surface area (Å²) in [7, 11) is 1.83. The van der Waals surface area contributed by atoms with E-state index in [-0.39, 0.29) is 18.1 Å². The monoisotopic (exact) mass is 335 g/mol. The van der Waals surface area contributed by atoms with Crippen LogP contribution in [-0.2, 0) is 0 Å². The molecule has 0 spiro atoms. The van der Waals surface area contributed by atoms with Gasteiger partial charge in [0.2, 0.25) is 0 Å². The maximum atomic E-state index is 12.5. The Morgan fingerprint density at radius 1 is 1.52 bits per heavy atom. The first-order valence-electron chi connectivity index (χ1n) is 8.13. The molecule has 0 radical (unpaired) electrons. The molecule has 5 heteroatoms. The van der Waals surface area contributed by atoms with E-state index >= 15 is 0 Å². The van der Waals surface area contributed by atoms with Gasteiger partial charge in [-0.15, -0.1) is 6.58 Å². The lowest BCUT2D eigenvalue weighted by Gasteiger charge is -2.33. The van der Waals surface area contributed by atoms with Crippen LogP contribution in [0.1, 0.15) is 31.4 Å². The molecule has 0 aliphatic carbocycles. The number of piperidine rings is 1. The van der Waals surface area contributed by atoms with Crippen LogP contribution < -0.4 is 5.32 Å². The molecular weight excluding hydrogens is 310 g/mol. The highest BCUT2D eigenvalue weighted by Gasteiger charge is 2.23. The number of hydrogen-bond donors (Lipinski definition) is 1. The van der Waals surface area contributed by atoms with Gasteiger partial charge in [0.25, 0.3) is 0 Å². The number of urea groups is 1. The topological polar surface area (TPSA) is 35.6 Å². The van der Waals surface area contributed by atoms with Gasteiger partial charge in [0.15, 0.2) is 0 Å². The third kappa shape index (κ3) is 4.98. The van der Waals surface area contributed by atoms with Crippen molar-refractivity contribution in [2.24, 2.45) is 0 Å². The van der Waals surface area contributed by atoms with Crippen LogP contribution in [0.25, 0.3) is 0 Å². The number of amides is 2. The van der Waals surface area contributed by atoms with Crippen molar-refractivity contribution in [1.29, 1.82) is 0 Å². The molecule has 0 saturated carbocycles. The van der Waals surface area contributed by atoms with E-state index in [9.17, 15) is 4.79 Å². The van der Waals surface area contributed by atoms with Crippen LogP contribution >= 0.6 is 11.6 Å². The predicted octanol–water partition coefficient (Wildman–Crippen LogP) is 3.69. The summed E-state index contributed by atoms with van der Waals surface area (Å²) in [6.45, 7) is 8.72. The van der Waals surface area contributed by atoms with E-state index in [1.165, 1.54) is 0 Å². The summed E-state index contributed by atoms with van der Waals surface area (Å²) in [5.74, 6) is 0. The van der Waals surface area contributed by atoms with Crippen molar-refractivity contribution in [3.63, 3.8) is 0 Å². The fourth-order valence-corrected chi connectivity index (χ4v) is 3.08. The predicted molar refractivity (Wildman–Crippen MR) is 95.8 cm³/mol.